The van der Waals surface area contributed by atoms with Gasteiger partial charge in [0.15, 0.2) is 6.10 Å². The molecule has 80 valence electrons. The van der Waals surface area contributed by atoms with Gasteiger partial charge < -0.3 is 14.6 Å². The second kappa shape index (κ2) is 3.70. The largest absolute Gasteiger partial charge is 0.479 e. The van der Waals surface area contributed by atoms with E-state index in [4.69, 9.17) is 14.6 Å². The number of fused-ring (bicyclic) bond motifs is 1. The second-order valence-corrected chi connectivity index (χ2v) is 2.95. The fourth-order valence-corrected chi connectivity index (χ4v) is 1.24. The van der Waals surface area contributed by atoms with Gasteiger partial charge >= 0.3 is 5.69 Å². The molecule has 15 heavy (non-hydrogen) atoms. The molecule has 0 spiro atoms. The van der Waals surface area contributed by atoms with Crippen molar-refractivity contribution < 1.29 is 19.5 Å². The molecular formula is C8H8N2O5. The highest BCUT2D eigenvalue weighted by molar-refractivity contribution is 5.52. The molecule has 0 aliphatic carbocycles. The minimum atomic E-state index is -0.566. The lowest BCUT2D eigenvalue weighted by Gasteiger charge is -2.23. The molecule has 7 heteroatoms. The SMILES string of the molecule is O=[N+]([O-])c1ccnc2c1OCC(CO)O2. The van der Waals surface area contributed by atoms with Crippen LogP contribution in [0.1, 0.15) is 0 Å². The third-order valence-electron chi connectivity index (χ3n) is 1.94. The molecule has 1 atom stereocenters. The molecule has 0 bridgehead atoms. The maximum atomic E-state index is 10.6. The molecule has 0 saturated carbocycles. The molecule has 2 rings (SSSR count). The molecule has 1 unspecified atom stereocenters. The van der Waals surface area contributed by atoms with Crippen LogP contribution >= 0.6 is 0 Å². The van der Waals surface area contributed by atoms with Gasteiger partial charge in [-0.05, 0) is 0 Å². The van der Waals surface area contributed by atoms with Crippen molar-refractivity contribution >= 4 is 5.69 Å². The monoisotopic (exact) mass is 212 g/mol. The first-order valence-electron chi connectivity index (χ1n) is 4.26. The molecule has 7 nitrogen and oxygen atoms in total. The van der Waals surface area contributed by atoms with Gasteiger partial charge in [0, 0.05) is 12.3 Å². The van der Waals surface area contributed by atoms with E-state index < -0.39 is 11.0 Å². The molecule has 1 aromatic heterocycles. The topological polar surface area (TPSA) is 94.7 Å². The van der Waals surface area contributed by atoms with Crippen molar-refractivity contribution in [3.05, 3.63) is 22.4 Å². The normalized spacial score (nSPS) is 18.6. The zero-order valence-corrected chi connectivity index (χ0v) is 7.62. The molecule has 0 radical (unpaired) electrons. The lowest BCUT2D eigenvalue weighted by Crippen LogP contribution is -2.32. The zero-order valence-electron chi connectivity index (χ0n) is 7.62. The Kier molecular flexibility index (Phi) is 2.38. The van der Waals surface area contributed by atoms with Crippen LogP contribution in [-0.4, -0.2) is 34.3 Å². The molecule has 0 fully saturated rings. The van der Waals surface area contributed by atoms with Crippen molar-refractivity contribution in [3.8, 4) is 11.6 Å². The van der Waals surface area contributed by atoms with Gasteiger partial charge in [-0.25, -0.2) is 4.98 Å². The van der Waals surface area contributed by atoms with Crippen LogP contribution in [0.4, 0.5) is 5.69 Å². The van der Waals surface area contributed by atoms with Crippen LogP contribution in [0.25, 0.3) is 0 Å². The maximum absolute atomic E-state index is 10.6. The molecule has 1 aliphatic rings. The highest BCUT2D eigenvalue weighted by atomic mass is 16.6. The van der Waals surface area contributed by atoms with Crippen LogP contribution in [0.5, 0.6) is 11.6 Å². The Bertz CT molecular complexity index is 395. The second-order valence-electron chi connectivity index (χ2n) is 2.95. The third-order valence-corrected chi connectivity index (χ3v) is 1.94. The fourth-order valence-electron chi connectivity index (χ4n) is 1.24. The molecule has 0 saturated heterocycles. The molecule has 0 amide bonds. The summed E-state index contributed by atoms with van der Waals surface area (Å²) >= 11 is 0. The van der Waals surface area contributed by atoms with E-state index in [1.165, 1.54) is 12.3 Å². The summed E-state index contributed by atoms with van der Waals surface area (Å²) in [5, 5.41) is 19.4. The first-order valence-corrected chi connectivity index (χ1v) is 4.26. The van der Waals surface area contributed by atoms with E-state index in [-0.39, 0.29) is 30.5 Å². The van der Waals surface area contributed by atoms with Gasteiger partial charge in [-0.2, -0.15) is 0 Å². The Morgan fingerprint density at radius 2 is 2.53 bits per heavy atom. The van der Waals surface area contributed by atoms with Crippen LogP contribution in [0, 0.1) is 10.1 Å². The minimum Gasteiger partial charge on any atom is -0.479 e. The van der Waals surface area contributed by atoms with E-state index in [1.54, 1.807) is 0 Å². The Hall–Kier alpha value is -1.89. The zero-order chi connectivity index (χ0) is 10.8. The van der Waals surface area contributed by atoms with Gasteiger partial charge in [0.1, 0.15) is 6.61 Å². The van der Waals surface area contributed by atoms with E-state index in [0.717, 1.165) is 0 Å². The molecule has 2 heterocycles. The van der Waals surface area contributed by atoms with Crippen molar-refractivity contribution in [2.45, 2.75) is 6.10 Å². The summed E-state index contributed by atoms with van der Waals surface area (Å²) in [5.74, 6) is 0.0710. The smallest absolute Gasteiger partial charge is 0.318 e. The summed E-state index contributed by atoms with van der Waals surface area (Å²) < 4.78 is 10.3. The lowest BCUT2D eigenvalue weighted by molar-refractivity contribution is -0.386. The number of nitro groups is 1. The fraction of sp³-hybridized carbons (Fsp3) is 0.375. The lowest BCUT2D eigenvalue weighted by atomic mass is 10.3. The maximum Gasteiger partial charge on any atom is 0.318 e. The molecule has 0 aromatic carbocycles. The van der Waals surface area contributed by atoms with E-state index >= 15 is 0 Å². The minimum absolute atomic E-state index is 0.0206. The summed E-state index contributed by atoms with van der Waals surface area (Å²) in [7, 11) is 0. The molecule has 1 aliphatic heterocycles. The number of hydrogen-bond donors (Lipinski definition) is 1. The Morgan fingerprint density at radius 3 is 3.20 bits per heavy atom. The van der Waals surface area contributed by atoms with Crippen LogP contribution in [-0.2, 0) is 0 Å². The number of nitrogens with zero attached hydrogens (tertiary/aromatic N) is 2. The summed E-state index contributed by atoms with van der Waals surface area (Å²) in [6, 6.07) is 1.24. The van der Waals surface area contributed by atoms with Gasteiger partial charge in [-0.15, -0.1) is 0 Å². The van der Waals surface area contributed by atoms with E-state index in [2.05, 4.69) is 4.98 Å². The van der Waals surface area contributed by atoms with Gasteiger partial charge in [0.2, 0.25) is 0 Å². The number of rotatable bonds is 2. The van der Waals surface area contributed by atoms with Gasteiger partial charge in [-0.3, -0.25) is 10.1 Å². The number of aliphatic hydroxyl groups is 1. The number of hydrogen-bond acceptors (Lipinski definition) is 6. The van der Waals surface area contributed by atoms with Crippen molar-refractivity contribution in [1.29, 1.82) is 0 Å². The van der Waals surface area contributed by atoms with Gasteiger partial charge in [0.05, 0.1) is 11.5 Å². The van der Waals surface area contributed by atoms with Crippen molar-refractivity contribution in [3.63, 3.8) is 0 Å². The number of pyridine rings is 1. The van der Waals surface area contributed by atoms with E-state index in [1.807, 2.05) is 0 Å². The summed E-state index contributed by atoms with van der Waals surface area (Å²) in [6.07, 6.45) is 0.743. The Labute approximate surface area is 84.4 Å². The van der Waals surface area contributed by atoms with Crippen molar-refractivity contribution in [2.24, 2.45) is 0 Å². The predicted octanol–water partition coefficient (Wildman–Crippen LogP) is 0.122. The molecule has 1 N–H and O–H groups in total. The first kappa shape index (κ1) is 9.66. The van der Waals surface area contributed by atoms with Crippen LogP contribution in [0.2, 0.25) is 0 Å². The summed E-state index contributed by atoms with van der Waals surface area (Å²) in [4.78, 5) is 13.8. The summed E-state index contributed by atoms with van der Waals surface area (Å²) in [5.41, 5.74) is -0.184. The van der Waals surface area contributed by atoms with Crippen molar-refractivity contribution in [1.82, 2.24) is 4.98 Å². The highest BCUT2D eigenvalue weighted by Crippen LogP contribution is 2.37. The highest BCUT2D eigenvalue weighted by Gasteiger charge is 2.28. The number of ether oxygens (including phenoxy) is 2. The average molecular weight is 212 g/mol. The third kappa shape index (κ3) is 1.68. The average Bonchev–Trinajstić information content (AvgIpc) is 2.27. The number of aromatic nitrogens is 1. The van der Waals surface area contributed by atoms with Gasteiger partial charge in [0.25, 0.3) is 11.6 Å². The van der Waals surface area contributed by atoms with Gasteiger partial charge in [-0.1, -0.05) is 0 Å². The molecule has 1 aromatic rings. The van der Waals surface area contributed by atoms with E-state index in [9.17, 15) is 10.1 Å². The first-order chi connectivity index (χ1) is 7.22. The van der Waals surface area contributed by atoms with Crippen molar-refractivity contribution in [2.75, 3.05) is 13.2 Å². The van der Waals surface area contributed by atoms with Crippen LogP contribution in [0.3, 0.4) is 0 Å². The Balaban J connectivity index is 2.37. The quantitative estimate of drug-likeness (QED) is 0.552. The summed E-state index contributed by atoms with van der Waals surface area (Å²) in [6.45, 7) is -0.139. The van der Waals surface area contributed by atoms with Crippen LogP contribution in [0.15, 0.2) is 12.3 Å². The predicted molar refractivity (Wildman–Crippen MR) is 47.9 cm³/mol. The number of aliphatic hydroxyl groups excluding tert-OH is 1. The standard InChI is InChI=1S/C8H8N2O5/c11-3-5-4-14-7-6(10(12)13)1-2-9-8(7)15-5/h1-2,5,11H,3-4H2. The van der Waals surface area contributed by atoms with E-state index in [0.29, 0.717) is 0 Å². The Morgan fingerprint density at radius 1 is 1.73 bits per heavy atom. The molecular weight excluding hydrogens is 204 g/mol. The van der Waals surface area contributed by atoms with Crippen LogP contribution < -0.4 is 9.47 Å².